The van der Waals surface area contributed by atoms with Crippen LogP contribution in [0, 0.1) is 0 Å². The highest BCUT2D eigenvalue weighted by Crippen LogP contribution is 2.23. The number of pyridine rings is 1. The van der Waals surface area contributed by atoms with Gasteiger partial charge >= 0.3 is 0 Å². The zero-order chi connectivity index (χ0) is 17.0. The van der Waals surface area contributed by atoms with Crippen molar-refractivity contribution in [3.05, 3.63) is 48.3 Å². The van der Waals surface area contributed by atoms with Gasteiger partial charge in [0.1, 0.15) is 0 Å². The molecule has 1 heterocycles. The first-order chi connectivity index (χ1) is 10.9. The van der Waals surface area contributed by atoms with Crippen molar-refractivity contribution in [3.63, 3.8) is 0 Å². The number of hydrogen-bond donors (Lipinski definition) is 1. The average Bonchev–Trinajstić information content (AvgIpc) is 2.59. The molecule has 0 saturated carbocycles. The molecule has 2 rings (SSSR count). The zero-order valence-electron chi connectivity index (χ0n) is 15.0. The molecule has 0 spiro atoms. The fourth-order valence-electron chi connectivity index (χ4n) is 2.23. The van der Waals surface area contributed by atoms with Crippen LogP contribution in [-0.2, 0) is 0 Å². The lowest BCUT2D eigenvalue weighted by Crippen LogP contribution is -2.39. The molecule has 7 heteroatoms. The third-order valence-electron chi connectivity index (χ3n) is 4.02. The van der Waals surface area contributed by atoms with Crippen molar-refractivity contribution in [2.75, 3.05) is 32.6 Å². The molecule has 1 amide bonds. The summed E-state index contributed by atoms with van der Waals surface area (Å²) in [7, 11) is 5.77. The van der Waals surface area contributed by atoms with Crippen molar-refractivity contribution in [1.82, 2.24) is 9.88 Å². The Kier molecular flexibility index (Phi) is 9.49. The van der Waals surface area contributed by atoms with Gasteiger partial charge in [-0.3, -0.25) is 9.78 Å². The summed E-state index contributed by atoms with van der Waals surface area (Å²) in [4.78, 5) is 20.4. The Labute approximate surface area is 162 Å². The molecule has 2 aromatic rings. The summed E-state index contributed by atoms with van der Waals surface area (Å²) in [6.07, 6.45) is 3.37. The number of benzene rings is 1. The third kappa shape index (κ3) is 5.59. The lowest BCUT2D eigenvalue weighted by atomic mass is 10.0. The van der Waals surface area contributed by atoms with Crippen LogP contribution in [0.5, 0.6) is 0 Å². The maximum absolute atomic E-state index is 12.5. The van der Waals surface area contributed by atoms with E-state index in [1.165, 1.54) is 0 Å². The minimum atomic E-state index is -0.0674. The summed E-state index contributed by atoms with van der Waals surface area (Å²) in [6, 6.07) is 10.0. The first-order valence-electron chi connectivity index (χ1n) is 7.64. The fraction of sp³-hybridized carbons (Fsp3) is 0.333. The molecule has 1 aromatic carbocycles. The SMILES string of the molecule is CC(CN)N(C)C(=O)c1cncc(-c2ccc(N(C)C)cc2)c1.Cl.Cl. The Bertz CT molecular complexity index is 677. The van der Waals surface area contributed by atoms with Crippen LogP contribution in [0.3, 0.4) is 0 Å². The zero-order valence-corrected chi connectivity index (χ0v) is 16.6. The van der Waals surface area contributed by atoms with Gasteiger partial charge in [-0.1, -0.05) is 12.1 Å². The van der Waals surface area contributed by atoms with Crippen LogP contribution in [0.15, 0.2) is 42.7 Å². The summed E-state index contributed by atoms with van der Waals surface area (Å²) in [5.41, 5.74) is 9.30. The Hall–Kier alpha value is -1.82. The predicted octanol–water partition coefficient (Wildman–Crippen LogP) is 3.08. The summed E-state index contributed by atoms with van der Waals surface area (Å²) in [5, 5.41) is 0. The fourth-order valence-corrected chi connectivity index (χ4v) is 2.23. The molecule has 1 aromatic heterocycles. The Morgan fingerprint density at radius 2 is 1.68 bits per heavy atom. The molecule has 2 N–H and O–H groups in total. The van der Waals surface area contributed by atoms with Gasteiger partial charge in [0.2, 0.25) is 0 Å². The van der Waals surface area contributed by atoms with Crippen LogP contribution in [0.2, 0.25) is 0 Å². The summed E-state index contributed by atoms with van der Waals surface area (Å²) < 4.78 is 0. The van der Waals surface area contributed by atoms with Crippen LogP contribution in [0.1, 0.15) is 17.3 Å². The van der Waals surface area contributed by atoms with Crippen molar-refractivity contribution in [3.8, 4) is 11.1 Å². The monoisotopic (exact) mass is 384 g/mol. The van der Waals surface area contributed by atoms with Gasteiger partial charge in [-0.25, -0.2) is 0 Å². The number of halogens is 2. The first kappa shape index (κ1) is 23.2. The second-order valence-electron chi connectivity index (χ2n) is 5.90. The van der Waals surface area contributed by atoms with Crippen molar-refractivity contribution in [2.24, 2.45) is 5.73 Å². The summed E-state index contributed by atoms with van der Waals surface area (Å²) in [5.74, 6) is -0.0674. The molecule has 0 bridgehead atoms. The van der Waals surface area contributed by atoms with Gasteiger partial charge in [-0.05, 0) is 30.7 Å². The highest BCUT2D eigenvalue weighted by molar-refractivity contribution is 5.95. The molecule has 25 heavy (non-hydrogen) atoms. The summed E-state index contributed by atoms with van der Waals surface area (Å²) >= 11 is 0. The number of amides is 1. The van der Waals surface area contributed by atoms with Crippen molar-refractivity contribution in [1.29, 1.82) is 0 Å². The number of aromatic nitrogens is 1. The van der Waals surface area contributed by atoms with Gasteiger partial charge in [0.25, 0.3) is 5.91 Å². The van der Waals surface area contributed by atoms with E-state index < -0.39 is 0 Å². The van der Waals surface area contributed by atoms with Crippen LogP contribution in [0.25, 0.3) is 11.1 Å². The van der Waals surface area contributed by atoms with E-state index in [1.807, 2.05) is 56.3 Å². The van der Waals surface area contributed by atoms with E-state index in [0.717, 1.165) is 16.8 Å². The molecule has 138 valence electrons. The number of anilines is 1. The highest BCUT2D eigenvalue weighted by atomic mass is 35.5. The predicted molar refractivity (Wildman–Crippen MR) is 109 cm³/mol. The van der Waals surface area contributed by atoms with Gasteiger partial charge in [0.15, 0.2) is 0 Å². The second kappa shape index (κ2) is 10.2. The number of likely N-dealkylation sites (N-methyl/N-ethyl adjacent to an activating group) is 1. The van der Waals surface area contributed by atoms with Crippen LogP contribution in [-0.4, -0.2) is 49.5 Å². The maximum Gasteiger partial charge on any atom is 0.255 e. The van der Waals surface area contributed by atoms with Crippen LogP contribution in [0.4, 0.5) is 5.69 Å². The van der Waals surface area contributed by atoms with Gasteiger partial charge in [0, 0.05) is 57.4 Å². The molecular formula is C18H26Cl2N4O. The van der Waals surface area contributed by atoms with Gasteiger partial charge in [0.05, 0.1) is 5.56 Å². The van der Waals surface area contributed by atoms with Gasteiger partial charge in [-0.2, -0.15) is 0 Å². The number of carbonyl (C=O) groups excluding carboxylic acids is 1. The Balaban J connectivity index is 0.00000288. The van der Waals surface area contributed by atoms with E-state index in [0.29, 0.717) is 12.1 Å². The number of nitrogens with zero attached hydrogens (tertiary/aromatic N) is 3. The van der Waals surface area contributed by atoms with Crippen LogP contribution >= 0.6 is 24.8 Å². The number of hydrogen-bond acceptors (Lipinski definition) is 4. The third-order valence-corrected chi connectivity index (χ3v) is 4.02. The highest BCUT2D eigenvalue weighted by Gasteiger charge is 2.17. The van der Waals surface area contributed by atoms with E-state index >= 15 is 0 Å². The van der Waals surface area contributed by atoms with Crippen molar-refractivity contribution in [2.45, 2.75) is 13.0 Å². The average molecular weight is 385 g/mol. The molecule has 0 radical (unpaired) electrons. The van der Waals surface area contributed by atoms with E-state index in [4.69, 9.17) is 5.73 Å². The van der Waals surface area contributed by atoms with E-state index in [2.05, 4.69) is 4.98 Å². The van der Waals surface area contributed by atoms with Gasteiger partial charge in [-0.15, -0.1) is 24.8 Å². The van der Waals surface area contributed by atoms with E-state index in [1.54, 1.807) is 24.3 Å². The lowest BCUT2D eigenvalue weighted by molar-refractivity contribution is 0.0748. The summed E-state index contributed by atoms with van der Waals surface area (Å²) in [6.45, 7) is 2.36. The molecule has 0 saturated heterocycles. The smallest absolute Gasteiger partial charge is 0.255 e. The molecule has 1 unspecified atom stereocenters. The van der Waals surface area contributed by atoms with E-state index in [-0.39, 0.29) is 36.8 Å². The van der Waals surface area contributed by atoms with Crippen molar-refractivity contribution >= 4 is 36.4 Å². The number of carbonyl (C=O) groups is 1. The topological polar surface area (TPSA) is 62.5 Å². The minimum absolute atomic E-state index is 0. The molecule has 0 aliphatic carbocycles. The van der Waals surface area contributed by atoms with Gasteiger partial charge < -0.3 is 15.5 Å². The number of rotatable bonds is 5. The standard InChI is InChI=1S/C18H24N4O.2ClH/c1-13(10-19)22(4)18(23)16-9-15(11-20-12-16)14-5-7-17(8-6-14)21(2)3;;/h5-9,11-13H,10,19H2,1-4H3;2*1H. The first-order valence-corrected chi connectivity index (χ1v) is 7.64. The Morgan fingerprint density at radius 1 is 1.08 bits per heavy atom. The maximum atomic E-state index is 12.5. The number of nitrogens with two attached hydrogens (primary N) is 1. The molecule has 0 aliphatic rings. The van der Waals surface area contributed by atoms with E-state index in [9.17, 15) is 4.79 Å². The normalized spacial score (nSPS) is 10.9. The Morgan fingerprint density at radius 3 is 2.20 bits per heavy atom. The molecule has 0 aliphatic heterocycles. The molecule has 1 atom stereocenters. The largest absolute Gasteiger partial charge is 0.378 e. The molecule has 0 fully saturated rings. The molecule has 5 nitrogen and oxygen atoms in total. The minimum Gasteiger partial charge on any atom is -0.378 e. The van der Waals surface area contributed by atoms with Crippen LogP contribution < -0.4 is 10.6 Å². The second-order valence-corrected chi connectivity index (χ2v) is 5.90. The molecular weight excluding hydrogens is 359 g/mol. The lowest BCUT2D eigenvalue weighted by Gasteiger charge is -2.23. The quantitative estimate of drug-likeness (QED) is 0.859. The van der Waals surface area contributed by atoms with Crippen molar-refractivity contribution < 1.29 is 4.79 Å².